The fourth-order valence-electron chi connectivity index (χ4n) is 2.24. The normalized spacial score (nSPS) is 10.9. The van der Waals surface area contributed by atoms with Gasteiger partial charge < -0.3 is 13.9 Å². The van der Waals surface area contributed by atoms with Crippen LogP contribution >= 0.6 is 11.6 Å². The van der Waals surface area contributed by atoms with Crippen LogP contribution in [0.3, 0.4) is 0 Å². The molecule has 1 aromatic heterocycles. The number of carbonyl (C=O) groups is 1. The van der Waals surface area contributed by atoms with Crippen LogP contribution in [0.1, 0.15) is 18.4 Å². The van der Waals surface area contributed by atoms with Crippen LogP contribution < -0.4 is 4.74 Å². The topological polar surface area (TPSA) is 74.5 Å². The van der Waals surface area contributed by atoms with Gasteiger partial charge in [-0.05, 0) is 42.8 Å². The van der Waals surface area contributed by atoms with E-state index in [9.17, 15) is 4.79 Å². The molecule has 0 amide bonds. The molecule has 0 saturated heterocycles. The number of ether oxygens (including phenoxy) is 2. The summed E-state index contributed by atoms with van der Waals surface area (Å²) in [6, 6.07) is 14.5. The van der Waals surface area contributed by atoms with Crippen molar-refractivity contribution in [3.05, 3.63) is 71.1 Å². The summed E-state index contributed by atoms with van der Waals surface area (Å²) < 4.78 is 16.0. The van der Waals surface area contributed by atoms with Gasteiger partial charge in [-0.3, -0.25) is 0 Å². The molecule has 0 fully saturated rings. The van der Waals surface area contributed by atoms with E-state index in [-0.39, 0.29) is 18.4 Å². The molecule has 27 heavy (non-hydrogen) atoms. The molecule has 3 aromatic rings. The van der Waals surface area contributed by atoms with E-state index >= 15 is 0 Å². The lowest BCUT2D eigenvalue weighted by Gasteiger charge is -2.02. The van der Waals surface area contributed by atoms with Crippen molar-refractivity contribution in [3.8, 4) is 17.2 Å². The second-order valence-electron chi connectivity index (χ2n) is 5.42. The van der Waals surface area contributed by atoms with Gasteiger partial charge >= 0.3 is 5.97 Å². The Bertz CT molecular complexity index is 935. The van der Waals surface area contributed by atoms with Gasteiger partial charge in [0.25, 0.3) is 5.89 Å². The van der Waals surface area contributed by atoms with Gasteiger partial charge in [0, 0.05) is 6.08 Å². The SMILES string of the molecule is CCOc1ccc(C=CC(=O)OCc2nnc(-c3ccccc3Cl)o2)cc1. The first-order chi connectivity index (χ1) is 13.2. The summed E-state index contributed by atoms with van der Waals surface area (Å²) in [7, 11) is 0. The van der Waals surface area contributed by atoms with Crippen LogP contribution in [0.2, 0.25) is 5.02 Å². The summed E-state index contributed by atoms with van der Waals surface area (Å²) in [5.74, 6) is 0.730. The maximum atomic E-state index is 11.8. The first kappa shape index (κ1) is 18.7. The third-order valence-electron chi connectivity index (χ3n) is 3.51. The fourth-order valence-corrected chi connectivity index (χ4v) is 2.46. The maximum absolute atomic E-state index is 11.8. The van der Waals surface area contributed by atoms with Gasteiger partial charge in [0.1, 0.15) is 5.75 Å². The van der Waals surface area contributed by atoms with E-state index in [1.165, 1.54) is 6.08 Å². The van der Waals surface area contributed by atoms with E-state index in [0.29, 0.717) is 17.2 Å². The molecule has 6 nitrogen and oxygen atoms in total. The van der Waals surface area contributed by atoms with Gasteiger partial charge in [-0.25, -0.2) is 4.79 Å². The summed E-state index contributed by atoms with van der Waals surface area (Å²) in [5, 5.41) is 8.28. The number of benzene rings is 2. The molecule has 3 rings (SSSR count). The van der Waals surface area contributed by atoms with E-state index < -0.39 is 5.97 Å². The second kappa shape index (κ2) is 9.00. The minimum absolute atomic E-state index is 0.121. The zero-order valence-corrected chi connectivity index (χ0v) is 15.3. The Labute approximate surface area is 161 Å². The number of esters is 1. The third kappa shape index (κ3) is 5.18. The van der Waals surface area contributed by atoms with Gasteiger partial charge in [-0.1, -0.05) is 35.9 Å². The van der Waals surface area contributed by atoms with Crippen LogP contribution in [0.25, 0.3) is 17.5 Å². The second-order valence-corrected chi connectivity index (χ2v) is 5.83. The number of rotatable bonds is 7. The molecule has 0 atom stereocenters. The molecule has 7 heteroatoms. The first-order valence-electron chi connectivity index (χ1n) is 8.30. The zero-order chi connectivity index (χ0) is 19.1. The van der Waals surface area contributed by atoms with Crippen molar-refractivity contribution in [1.29, 1.82) is 0 Å². The van der Waals surface area contributed by atoms with Crippen molar-refractivity contribution in [3.63, 3.8) is 0 Å². The lowest BCUT2D eigenvalue weighted by molar-refractivity contribution is -0.139. The van der Waals surface area contributed by atoms with Crippen molar-refractivity contribution in [2.45, 2.75) is 13.5 Å². The highest BCUT2D eigenvalue weighted by atomic mass is 35.5. The molecule has 2 aromatic carbocycles. The van der Waals surface area contributed by atoms with Crippen molar-refractivity contribution < 1.29 is 18.7 Å². The van der Waals surface area contributed by atoms with Crippen LogP contribution in [0.15, 0.2) is 59.0 Å². The Morgan fingerprint density at radius 2 is 1.93 bits per heavy atom. The molecular formula is C20H17ClN2O4. The molecule has 0 aliphatic carbocycles. The van der Waals surface area contributed by atoms with E-state index in [1.807, 2.05) is 43.3 Å². The molecule has 1 heterocycles. The Kier molecular flexibility index (Phi) is 6.22. The van der Waals surface area contributed by atoms with Gasteiger partial charge in [0.2, 0.25) is 5.89 Å². The monoisotopic (exact) mass is 384 g/mol. The van der Waals surface area contributed by atoms with E-state index in [0.717, 1.165) is 11.3 Å². The van der Waals surface area contributed by atoms with Gasteiger partial charge in [0.05, 0.1) is 17.2 Å². The third-order valence-corrected chi connectivity index (χ3v) is 3.84. The number of halogens is 1. The molecule has 0 spiro atoms. The van der Waals surface area contributed by atoms with Crippen molar-refractivity contribution in [1.82, 2.24) is 10.2 Å². The first-order valence-corrected chi connectivity index (χ1v) is 8.68. The molecule has 0 saturated carbocycles. The van der Waals surface area contributed by atoms with Crippen LogP contribution in [-0.2, 0) is 16.1 Å². The van der Waals surface area contributed by atoms with Crippen molar-refractivity contribution >= 4 is 23.6 Å². The average Bonchev–Trinajstić information content (AvgIpc) is 3.15. The standard InChI is InChI=1S/C20H17ClN2O4/c1-2-25-15-10-7-14(8-11-15)9-12-19(24)26-13-18-22-23-20(27-18)16-5-3-4-6-17(16)21/h3-12H,2,13H2,1H3. The predicted octanol–water partition coefficient (Wildman–Crippen LogP) is 4.55. The number of aromatic nitrogens is 2. The molecule has 0 radical (unpaired) electrons. The van der Waals surface area contributed by atoms with Gasteiger partial charge in [-0.2, -0.15) is 0 Å². The number of nitrogens with zero attached hydrogens (tertiary/aromatic N) is 2. The van der Waals surface area contributed by atoms with Crippen LogP contribution in [0.4, 0.5) is 0 Å². The largest absolute Gasteiger partial charge is 0.494 e. The molecule has 0 N–H and O–H groups in total. The maximum Gasteiger partial charge on any atom is 0.331 e. The Balaban J connectivity index is 1.54. The quantitative estimate of drug-likeness (QED) is 0.439. The molecule has 0 aliphatic heterocycles. The van der Waals surface area contributed by atoms with E-state index in [1.54, 1.807) is 18.2 Å². The highest BCUT2D eigenvalue weighted by Gasteiger charge is 2.12. The number of hydrogen-bond acceptors (Lipinski definition) is 6. The Hall–Kier alpha value is -3.12. The van der Waals surface area contributed by atoms with Crippen molar-refractivity contribution in [2.75, 3.05) is 6.61 Å². The number of hydrogen-bond donors (Lipinski definition) is 0. The average molecular weight is 385 g/mol. The van der Waals surface area contributed by atoms with Gasteiger partial charge in [0.15, 0.2) is 6.61 Å². The summed E-state index contributed by atoms with van der Waals surface area (Å²) >= 11 is 6.09. The lowest BCUT2D eigenvalue weighted by Crippen LogP contribution is -2.00. The number of carbonyl (C=O) groups excluding carboxylic acids is 1. The van der Waals surface area contributed by atoms with Crippen molar-refractivity contribution in [2.24, 2.45) is 0 Å². The minimum Gasteiger partial charge on any atom is -0.494 e. The molecule has 0 aliphatic rings. The molecule has 0 unspecified atom stereocenters. The lowest BCUT2D eigenvalue weighted by atomic mass is 10.2. The van der Waals surface area contributed by atoms with E-state index in [2.05, 4.69) is 10.2 Å². The Morgan fingerprint density at radius 3 is 2.67 bits per heavy atom. The molecule has 138 valence electrons. The van der Waals surface area contributed by atoms with E-state index in [4.69, 9.17) is 25.5 Å². The zero-order valence-electron chi connectivity index (χ0n) is 14.6. The molecule has 0 bridgehead atoms. The summed E-state index contributed by atoms with van der Waals surface area (Å²) in [6.45, 7) is 2.41. The van der Waals surface area contributed by atoms with Gasteiger partial charge in [-0.15, -0.1) is 10.2 Å². The highest BCUT2D eigenvalue weighted by Crippen LogP contribution is 2.26. The van der Waals surface area contributed by atoms with Crippen LogP contribution in [0, 0.1) is 0 Å². The predicted molar refractivity (Wildman–Crippen MR) is 101 cm³/mol. The molecular weight excluding hydrogens is 368 g/mol. The summed E-state index contributed by atoms with van der Waals surface area (Å²) in [4.78, 5) is 11.8. The van der Waals surface area contributed by atoms with Crippen LogP contribution in [0.5, 0.6) is 5.75 Å². The fraction of sp³-hybridized carbons (Fsp3) is 0.150. The Morgan fingerprint density at radius 1 is 1.15 bits per heavy atom. The summed E-state index contributed by atoms with van der Waals surface area (Å²) in [6.07, 6.45) is 2.99. The highest BCUT2D eigenvalue weighted by molar-refractivity contribution is 6.33. The van der Waals surface area contributed by atoms with Crippen LogP contribution in [-0.4, -0.2) is 22.8 Å². The minimum atomic E-state index is -0.513. The summed E-state index contributed by atoms with van der Waals surface area (Å²) in [5.41, 5.74) is 1.48. The smallest absolute Gasteiger partial charge is 0.331 e.